The summed E-state index contributed by atoms with van der Waals surface area (Å²) in [6.45, 7) is 3.34. The summed E-state index contributed by atoms with van der Waals surface area (Å²) in [6.07, 6.45) is 4.25. The number of carbonyl (C=O) groups is 2. The Morgan fingerprint density at radius 3 is 2.34 bits per heavy atom. The number of likely N-dealkylation sites (tertiary alicyclic amines) is 2. The molecule has 2 heterocycles. The molecule has 2 aliphatic heterocycles. The molecular weight excluding hydrogens is 450 g/mol. The fourth-order valence-electron chi connectivity index (χ4n) is 5.70. The van der Waals surface area contributed by atoms with Gasteiger partial charge in [0.1, 0.15) is 0 Å². The first-order chi connectivity index (χ1) is 16.7. The highest BCUT2D eigenvalue weighted by Gasteiger charge is 2.50. The molecule has 2 aliphatic carbocycles. The zero-order valence-corrected chi connectivity index (χ0v) is 20.1. The predicted octanol–water partition coefficient (Wildman–Crippen LogP) is 4.16. The Morgan fingerprint density at radius 2 is 1.77 bits per heavy atom. The number of hydrogen-bond donors (Lipinski definition) is 1. The lowest BCUT2D eigenvalue weighted by molar-refractivity contribution is -0.124. The molecule has 1 atom stereocenters. The van der Waals surface area contributed by atoms with Gasteiger partial charge >= 0.3 is 6.03 Å². The lowest BCUT2D eigenvalue weighted by Gasteiger charge is -2.54. The van der Waals surface area contributed by atoms with E-state index in [1.807, 2.05) is 0 Å². The fourth-order valence-corrected chi connectivity index (χ4v) is 5.70. The molecule has 8 heteroatoms. The van der Waals surface area contributed by atoms with E-state index < -0.39 is 42.0 Å². The molecule has 35 heavy (non-hydrogen) atoms. The lowest BCUT2D eigenvalue weighted by Crippen LogP contribution is -2.62. The van der Waals surface area contributed by atoms with E-state index in [0.717, 1.165) is 32.0 Å². The van der Waals surface area contributed by atoms with E-state index >= 15 is 8.78 Å². The van der Waals surface area contributed by atoms with Gasteiger partial charge in [-0.3, -0.25) is 9.69 Å². The quantitative estimate of drug-likeness (QED) is 0.571. The summed E-state index contributed by atoms with van der Waals surface area (Å²) in [5, 5.41) is 12.0. The second-order valence-corrected chi connectivity index (χ2v) is 11.4. The van der Waals surface area contributed by atoms with Gasteiger partial charge in [0.15, 0.2) is 5.78 Å². The van der Waals surface area contributed by atoms with E-state index in [0.29, 0.717) is 31.5 Å². The minimum Gasteiger partial charge on any atom is -0.328 e. The van der Waals surface area contributed by atoms with Crippen LogP contribution in [0.25, 0.3) is 0 Å². The topological polar surface area (TPSA) is 76.4 Å². The van der Waals surface area contributed by atoms with Gasteiger partial charge in [0, 0.05) is 51.5 Å². The first kappa shape index (κ1) is 24.2. The number of nitriles is 1. The van der Waals surface area contributed by atoms with Crippen LogP contribution in [0.5, 0.6) is 0 Å². The van der Waals surface area contributed by atoms with Gasteiger partial charge in [-0.25, -0.2) is 13.6 Å². The van der Waals surface area contributed by atoms with Crippen molar-refractivity contribution in [2.24, 2.45) is 10.8 Å². The zero-order chi connectivity index (χ0) is 24.7. The molecule has 1 aromatic carbocycles. The van der Waals surface area contributed by atoms with Gasteiger partial charge in [0.25, 0.3) is 5.92 Å². The number of Topliss-reactive ketones (excluding diaryl/α,β-unsaturated/α-hetero) is 1. The summed E-state index contributed by atoms with van der Waals surface area (Å²) in [6, 6.07) is 9.59. The third kappa shape index (κ3) is 5.66. The smallest absolute Gasteiger partial charge is 0.317 e. The maximum absolute atomic E-state index is 15.0. The minimum atomic E-state index is -3.16. The van der Waals surface area contributed by atoms with Gasteiger partial charge in [-0.1, -0.05) is 30.3 Å². The van der Waals surface area contributed by atoms with Crippen molar-refractivity contribution in [2.75, 3.05) is 26.2 Å². The van der Waals surface area contributed by atoms with Crippen LogP contribution in [0, 0.1) is 22.2 Å². The number of amides is 2. The van der Waals surface area contributed by atoms with Crippen LogP contribution < -0.4 is 5.32 Å². The molecule has 4 aliphatic rings. The SMILES string of the molecule is N#CC1(CC(=O)[C@H](CC(F)(F)Cc2ccccc2)NC(=O)N2CCC3(CC2)CN(C2CC2)C3)CC1. The van der Waals surface area contributed by atoms with E-state index in [2.05, 4.69) is 16.3 Å². The number of alkyl halides is 2. The molecule has 0 radical (unpaired) electrons. The molecule has 188 valence electrons. The molecule has 1 N–H and O–H groups in total. The second kappa shape index (κ2) is 9.16. The van der Waals surface area contributed by atoms with Crippen molar-refractivity contribution in [1.82, 2.24) is 15.1 Å². The highest BCUT2D eigenvalue weighted by atomic mass is 19.3. The van der Waals surface area contributed by atoms with Crippen molar-refractivity contribution in [3.05, 3.63) is 35.9 Å². The number of nitrogens with one attached hydrogen (secondary N) is 1. The highest BCUT2D eigenvalue weighted by molar-refractivity contribution is 5.89. The number of halogens is 2. The summed E-state index contributed by atoms with van der Waals surface area (Å²) >= 11 is 0. The fraction of sp³-hybridized carbons (Fsp3) is 0.667. The van der Waals surface area contributed by atoms with Crippen molar-refractivity contribution in [3.63, 3.8) is 0 Å². The summed E-state index contributed by atoms with van der Waals surface area (Å²) in [7, 11) is 0. The Balaban J connectivity index is 1.20. The first-order valence-electron chi connectivity index (χ1n) is 12.9. The summed E-state index contributed by atoms with van der Waals surface area (Å²) in [4.78, 5) is 30.3. The lowest BCUT2D eigenvalue weighted by atomic mass is 9.72. The van der Waals surface area contributed by atoms with Gasteiger partial charge in [0.2, 0.25) is 0 Å². The van der Waals surface area contributed by atoms with Crippen LogP contribution in [0.3, 0.4) is 0 Å². The third-order valence-electron chi connectivity index (χ3n) is 8.35. The number of urea groups is 1. The second-order valence-electron chi connectivity index (χ2n) is 11.4. The Kier molecular flexibility index (Phi) is 6.33. The van der Waals surface area contributed by atoms with E-state index in [1.165, 1.54) is 12.8 Å². The highest BCUT2D eigenvalue weighted by Crippen LogP contribution is 2.49. The molecule has 2 amide bonds. The monoisotopic (exact) mass is 484 g/mol. The number of nitrogens with zero attached hydrogens (tertiary/aromatic N) is 3. The molecule has 5 rings (SSSR count). The van der Waals surface area contributed by atoms with E-state index in [4.69, 9.17) is 0 Å². The third-order valence-corrected chi connectivity index (χ3v) is 8.35. The van der Waals surface area contributed by atoms with E-state index in [1.54, 1.807) is 35.2 Å². The molecule has 1 aromatic rings. The van der Waals surface area contributed by atoms with E-state index in [-0.39, 0.29) is 11.8 Å². The molecular formula is C27H34F2N4O2. The maximum Gasteiger partial charge on any atom is 0.317 e. The van der Waals surface area contributed by atoms with Crippen LogP contribution in [0.15, 0.2) is 30.3 Å². The first-order valence-corrected chi connectivity index (χ1v) is 12.9. The molecule has 0 aromatic heterocycles. The van der Waals surface area contributed by atoms with E-state index in [9.17, 15) is 14.9 Å². The van der Waals surface area contributed by atoms with Crippen LogP contribution in [-0.2, 0) is 11.2 Å². The number of benzene rings is 1. The summed E-state index contributed by atoms with van der Waals surface area (Å²) in [5.74, 6) is -3.64. The van der Waals surface area contributed by atoms with Crippen molar-refractivity contribution in [2.45, 2.75) is 75.8 Å². The Bertz CT molecular complexity index is 984. The van der Waals surface area contributed by atoms with Crippen molar-refractivity contribution < 1.29 is 18.4 Å². The van der Waals surface area contributed by atoms with Gasteiger partial charge < -0.3 is 10.2 Å². The predicted molar refractivity (Wildman–Crippen MR) is 127 cm³/mol. The average Bonchev–Trinajstić information content (AvgIpc) is 3.73. The molecule has 2 saturated carbocycles. The van der Waals surface area contributed by atoms with Crippen molar-refractivity contribution in [3.8, 4) is 6.07 Å². The van der Waals surface area contributed by atoms with Gasteiger partial charge in [-0.2, -0.15) is 5.26 Å². The maximum atomic E-state index is 15.0. The Hall–Kier alpha value is -2.53. The molecule has 2 saturated heterocycles. The average molecular weight is 485 g/mol. The summed E-state index contributed by atoms with van der Waals surface area (Å²) < 4.78 is 30.0. The van der Waals surface area contributed by atoms with Crippen molar-refractivity contribution in [1.29, 1.82) is 5.26 Å². The molecule has 0 unspecified atom stereocenters. The minimum absolute atomic E-state index is 0.0873. The Morgan fingerprint density at radius 1 is 1.11 bits per heavy atom. The Labute approximate surface area is 205 Å². The summed E-state index contributed by atoms with van der Waals surface area (Å²) in [5.41, 5.74) is 0.0135. The normalized spacial score (nSPS) is 23.7. The number of rotatable bonds is 9. The van der Waals surface area contributed by atoms with Crippen LogP contribution >= 0.6 is 0 Å². The molecule has 1 spiro atoms. The largest absolute Gasteiger partial charge is 0.328 e. The van der Waals surface area contributed by atoms with Crippen LogP contribution in [-0.4, -0.2) is 65.8 Å². The molecule has 6 nitrogen and oxygen atoms in total. The van der Waals surface area contributed by atoms with Gasteiger partial charge in [0.05, 0.1) is 17.5 Å². The van der Waals surface area contributed by atoms with Crippen LogP contribution in [0.1, 0.15) is 56.9 Å². The number of carbonyl (C=O) groups excluding carboxylic acids is 2. The van der Waals surface area contributed by atoms with Gasteiger partial charge in [-0.05, 0) is 49.5 Å². The van der Waals surface area contributed by atoms with Crippen LogP contribution in [0.4, 0.5) is 13.6 Å². The molecule has 0 bridgehead atoms. The molecule has 4 fully saturated rings. The van der Waals surface area contributed by atoms with Crippen molar-refractivity contribution >= 4 is 11.8 Å². The number of ketones is 1. The standard InChI is InChI=1S/C27H34F2N4O2/c28-27(29,14-20-4-2-1-3-5-20)15-22(23(34)16-25(17-30)8-9-25)31-24(35)32-12-10-26(11-13-32)18-33(19-26)21-6-7-21/h1-5,21-22H,6-16,18-19H2,(H,31,35)/t22-/m0/s1. The van der Waals surface area contributed by atoms with Crippen LogP contribution in [0.2, 0.25) is 0 Å². The van der Waals surface area contributed by atoms with Gasteiger partial charge in [-0.15, -0.1) is 0 Å². The number of hydrogen-bond acceptors (Lipinski definition) is 4. The zero-order valence-electron chi connectivity index (χ0n) is 20.1. The number of piperidine rings is 1.